The lowest BCUT2D eigenvalue weighted by atomic mass is 10.00. The van der Waals surface area contributed by atoms with Crippen LogP contribution in [-0.4, -0.2) is 5.78 Å². The smallest absolute Gasteiger partial charge is 0.193 e. The molecule has 0 bridgehead atoms. The highest BCUT2D eigenvalue weighted by atomic mass is 19.2. The molecule has 0 aliphatic carbocycles. The molecule has 0 atom stereocenters. The SMILES string of the molecule is O=C(c1ccccc1)c1ccc2c(F)c(F)ccc2c1. The quantitative estimate of drug-likeness (QED) is 0.631. The molecule has 0 fully saturated rings. The average Bonchev–Trinajstić information content (AvgIpc) is 2.51. The van der Waals surface area contributed by atoms with Crippen LogP contribution >= 0.6 is 0 Å². The summed E-state index contributed by atoms with van der Waals surface area (Å²) in [5, 5.41) is 0.681. The van der Waals surface area contributed by atoms with Gasteiger partial charge in [-0.1, -0.05) is 48.5 Å². The van der Waals surface area contributed by atoms with E-state index in [-0.39, 0.29) is 11.2 Å². The minimum Gasteiger partial charge on any atom is -0.289 e. The van der Waals surface area contributed by atoms with E-state index in [1.807, 2.05) is 6.07 Å². The van der Waals surface area contributed by atoms with Crippen molar-refractivity contribution in [2.24, 2.45) is 0 Å². The predicted octanol–water partition coefficient (Wildman–Crippen LogP) is 4.35. The van der Waals surface area contributed by atoms with Crippen molar-refractivity contribution in [1.82, 2.24) is 0 Å². The number of carbonyl (C=O) groups is 1. The molecule has 0 amide bonds. The van der Waals surface area contributed by atoms with Crippen LogP contribution < -0.4 is 0 Å². The summed E-state index contributed by atoms with van der Waals surface area (Å²) in [6.07, 6.45) is 0. The fourth-order valence-electron chi connectivity index (χ4n) is 2.16. The van der Waals surface area contributed by atoms with E-state index in [9.17, 15) is 13.6 Å². The van der Waals surface area contributed by atoms with Crippen LogP contribution in [0.2, 0.25) is 0 Å². The summed E-state index contributed by atoms with van der Waals surface area (Å²) in [6, 6.07) is 15.9. The summed E-state index contributed by atoms with van der Waals surface area (Å²) in [4.78, 5) is 12.3. The zero-order valence-corrected chi connectivity index (χ0v) is 10.4. The van der Waals surface area contributed by atoms with Crippen molar-refractivity contribution in [3.8, 4) is 0 Å². The Kier molecular flexibility index (Phi) is 3.03. The molecule has 3 aromatic rings. The molecule has 3 rings (SSSR count). The van der Waals surface area contributed by atoms with Crippen molar-refractivity contribution in [2.75, 3.05) is 0 Å². The normalized spacial score (nSPS) is 10.7. The van der Waals surface area contributed by atoms with Crippen molar-refractivity contribution >= 4 is 16.6 Å². The fourth-order valence-corrected chi connectivity index (χ4v) is 2.16. The van der Waals surface area contributed by atoms with Crippen molar-refractivity contribution in [3.05, 3.63) is 83.4 Å². The summed E-state index contributed by atoms with van der Waals surface area (Å²) in [7, 11) is 0. The molecular weight excluding hydrogens is 258 g/mol. The van der Waals surface area contributed by atoms with Gasteiger partial charge in [-0.05, 0) is 17.5 Å². The summed E-state index contributed by atoms with van der Waals surface area (Å²) in [5.74, 6) is -1.92. The Morgan fingerprint density at radius 2 is 1.55 bits per heavy atom. The van der Waals surface area contributed by atoms with Gasteiger partial charge in [0.25, 0.3) is 0 Å². The minimum atomic E-state index is -0.889. The van der Waals surface area contributed by atoms with Crippen LogP contribution in [0.4, 0.5) is 8.78 Å². The summed E-state index contributed by atoms with van der Waals surface area (Å²) in [5.41, 5.74) is 1.02. The number of halogens is 2. The summed E-state index contributed by atoms with van der Waals surface area (Å²) in [6.45, 7) is 0. The van der Waals surface area contributed by atoms with E-state index in [0.717, 1.165) is 6.07 Å². The molecule has 0 saturated carbocycles. The highest BCUT2D eigenvalue weighted by molar-refractivity contribution is 6.10. The van der Waals surface area contributed by atoms with Crippen LogP contribution in [0.1, 0.15) is 15.9 Å². The first-order valence-electron chi connectivity index (χ1n) is 6.14. The van der Waals surface area contributed by atoms with E-state index in [4.69, 9.17) is 0 Å². The Labute approximate surface area is 114 Å². The monoisotopic (exact) mass is 268 g/mol. The van der Waals surface area contributed by atoms with Gasteiger partial charge in [0.2, 0.25) is 0 Å². The predicted molar refractivity (Wildman–Crippen MR) is 73.7 cm³/mol. The molecular formula is C17H10F2O. The zero-order valence-electron chi connectivity index (χ0n) is 10.4. The molecule has 0 aliphatic rings. The third-order valence-electron chi connectivity index (χ3n) is 3.21. The Balaban J connectivity index is 2.10. The second-order valence-corrected chi connectivity index (χ2v) is 4.49. The minimum absolute atomic E-state index is 0.141. The van der Waals surface area contributed by atoms with Gasteiger partial charge < -0.3 is 0 Å². The highest BCUT2D eigenvalue weighted by Gasteiger charge is 2.12. The number of benzene rings is 3. The van der Waals surface area contributed by atoms with Crippen LogP contribution in [0, 0.1) is 11.6 Å². The van der Waals surface area contributed by atoms with Crippen LogP contribution in [0.3, 0.4) is 0 Å². The second kappa shape index (κ2) is 4.85. The first kappa shape index (κ1) is 12.5. The maximum atomic E-state index is 13.6. The first-order chi connectivity index (χ1) is 9.66. The number of hydrogen-bond acceptors (Lipinski definition) is 1. The summed E-state index contributed by atoms with van der Waals surface area (Å²) < 4.78 is 26.7. The lowest BCUT2D eigenvalue weighted by molar-refractivity contribution is 0.103. The number of ketones is 1. The molecule has 20 heavy (non-hydrogen) atoms. The van der Waals surface area contributed by atoms with Gasteiger partial charge in [0.15, 0.2) is 17.4 Å². The van der Waals surface area contributed by atoms with E-state index in [1.54, 1.807) is 30.3 Å². The third-order valence-corrected chi connectivity index (χ3v) is 3.21. The molecule has 0 radical (unpaired) electrons. The molecule has 0 N–H and O–H groups in total. The zero-order chi connectivity index (χ0) is 14.1. The second-order valence-electron chi connectivity index (χ2n) is 4.49. The number of hydrogen-bond donors (Lipinski definition) is 0. The van der Waals surface area contributed by atoms with E-state index in [0.29, 0.717) is 16.5 Å². The van der Waals surface area contributed by atoms with E-state index >= 15 is 0 Å². The number of rotatable bonds is 2. The van der Waals surface area contributed by atoms with E-state index < -0.39 is 11.6 Å². The van der Waals surface area contributed by atoms with Gasteiger partial charge in [-0.3, -0.25) is 4.79 Å². The highest BCUT2D eigenvalue weighted by Crippen LogP contribution is 2.22. The van der Waals surface area contributed by atoms with Crippen molar-refractivity contribution in [2.45, 2.75) is 0 Å². The van der Waals surface area contributed by atoms with Crippen LogP contribution in [0.25, 0.3) is 10.8 Å². The molecule has 3 aromatic carbocycles. The largest absolute Gasteiger partial charge is 0.289 e. The maximum Gasteiger partial charge on any atom is 0.193 e. The van der Waals surface area contributed by atoms with Gasteiger partial charge in [0.05, 0.1) is 0 Å². The molecule has 0 saturated heterocycles. The van der Waals surface area contributed by atoms with Crippen molar-refractivity contribution in [1.29, 1.82) is 0 Å². The molecule has 0 aromatic heterocycles. The van der Waals surface area contributed by atoms with Gasteiger partial charge in [-0.2, -0.15) is 0 Å². The van der Waals surface area contributed by atoms with Gasteiger partial charge >= 0.3 is 0 Å². The molecule has 1 nitrogen and oxygen atoms in total. The van der Waals surface area contributed by atoms with Gasteiger partial charge in [0, 0.05) is 16.5 Å². The van der Waals surface area contributed by atoms with Crippen LogP contribution in [0.5, 0.6) is 0 Å². The first-order valence-corrected chi connectivity index (χ1v) is 6.14. The van der Waals surface area contributed by atoms with E-state index in [2.05, 4.69) is 0 Å². The van der Waals surface area contributed by atoms with Crippen molar-refractivity contribution in [3.63, 3.8) is 0 Å². The molecule has 0 aliphatic heterocycles. The number of carbonyl (C=O) groups excluding carboxylic acids is 1. The topological polar surface area (TPSA) is 17.1 Å². The standard InChI is InChI=1S/C17H10F2O/c18-15-9-7-12-10-13(6-8-14(12)16(15)19)17(20)11-4-2-1-3-5-11/h1-10H. The average molecular weight is 268 g/mol. The van der Waals surface area contributed by atoms with Crippen molar-refractivity contribution < 1.29 is 13.6 Å². The fraction of sp³-hybridized carbons (Fsp3) is 0. The maximum absolute atomic E-state index is 13.6. The lowest BCUT2D eigenvalue weighted by Gasteiger charge is -2.05. The van der Waals surface area contributed by atoms with Crippen LogP contribution in [-0.2, 0) is 0 Å². The Morgan fingerprint density at radius 3 is 2.30 bits per heavy atom. The Bertz CT molecular complexity index is 795. The molecule has 3 heteroatoms. The number of fused-ring (bicyclic) bond motifs is 1. The van der Waals surface area contributed by atoms with Gasteiger partial charge in [-0.15, -0.1) is 0 Å². The lowest BCUT2D eigenvalue weighted by Crippen LogP contribution is -2.01. The van der Waals surface area contributed by atoms with E-state index in [1.165, 1.54) is 18.2 Å². The summed E-state index contributed by atoms with van der Waals surface area (Å²) >= 11 is 0. The Morgan fingerprint density at radius 1 is 0.800 bits per heavy atom. The molecule has 0 heterocycles. The molecule has 0 spiro atoms. The third kappa shape index (κ3) is 2.07. The molecule has 0 unspecified atom stereocenters. The van der Waals surface area contributed by atoms with Gasteiger partial charge in [0.1, 0.15) is 0 Å². The Hall–Kier alpha value is -2.55. The molecule has 98 valence electrons. The van der Waals surface area contributed by atoms with Gasteiger partial charge in [-0.25, -0.2) is 8.78 Å². The van der Waals surface area contributed by atoms with Crippen LogP contribution in [0.15, 0.2) is 60.7 Å².